The molecule has 0 unspecified atom stereocenters. The Hall–Kier alpha value is -6.89. The predicted octanol–water partition coefficient (Wildman–Crippen LogP) is 8.30. The molecule has 2 amide bonds. The molecule has 0 saturated carbocycles. The van der Waals surface area contributed by atoms with Crippen molar-refractivity contribution in [3.63, 3.8) is 0 Å². The molecule has 0 aliphatic heterocycles. The molecule has 0 atom stereocenters. The van der Waals surface area contributed by atoms with E-state index in [1.807, 2.05) is 85.3 Å². The standard InChI is InChI=1S/C21H19N7OS.C20H16ClN7OS.CH4/c1-13-7-8-18-17(9-13)23-14(2)27(18)11-15-12-30-20(24-15)10-22-21(29)28-19-6-4-3-5-16(19)25-26-28;1-12-23-15-7-6-13(21)8-18(15)27(12)10-14-11-30-19(24-14)9-22-20(29)28-17-5-3-2-4-16(17)25-26-28;/h3-9,12H,10-11H2,1-2H3,(H,22,29);2-8,11H,9-10H2,1H3,(H,22,29);1H4. The number of carbonyl (C=O) groups is 2. The largest absolute Gasteiger partial charge is 0.344 e. The third kappa shape index (κ3) is 8.59. The second-order valence-electron chi connectivity index (χ2n) is 13.9. The van der Waals surface area contributed by atoms with Gasteiger partial charge in [0.15, 0.2) is 0 Å². The third-order valence-corrected chi connectivity index (χ3v) is 11.7. The number of thiazole rings is 2. The lowest BCUT2D eigenvalue weighted by atomic mass is 10.2. The Labute approximate surface area is 361 Å². The molecule has 61 heavy (non-hydrogen) atoms. The molecular weight excluding hydrogens is 832 g/mol. The summed E-state index contributed by atoms with van der Waals surface area (Å²) in [5, 5.41) is 27.9. The van der Waals surface area contributed by atoms with Crippen molar-refractivity contribution in [1.29, 1.82) is 0 Å². The van der Waals surface area contributed by atoms with Gasteiger partial charge in [0.25, 0.3) is 0 Å². The van der Waals surface area contributed by atoms with Gasteiger partial charge < -0.3 is 19.8 Å². The van der Waals surface area contributed by atoms with Gasteiger partial charge in [-0.25, -0.2) is 29.5 Å². The van der Waals surface area contributed by atoms with Crippen molar-refractivity contribution in [3.8, 4) is 0 Å². The van der Waals surface area contributed by atoms with Gasteiger partial charge in [0, 0.05) is 15.8 Å². The molecule has 16 nitrogen and oxygen atoms in total. The summed E-state index contributed by atoms with van der Waals surface area (Å²) in [6.45, 7) is 7.91. The van der Waals surface area contributed by atoms with Gasteiger partial charge in [-0.05, 0) is 80.9 Å². The number of benzene rings is 4. The molecule has 2 N–H and O–H groups in total. The van der Waals surface area contributed by atoms with E-state index in [1.54, 1.807) is 6.07 Å². The van der Waals surface area contributed by atoms with Crippen LogP contribution in [-0.4, -0.2) is 71.1 Å². The molecule has 4 aromatic carbocycles. The fourth-order valence-corrected chi connectivity index (χ4v) is 8.41. The Bertz CT molecular complexity index is 3190. The van der Waals surface area contributed by atoms with Crippen molar-refractivity contribution in [2.75, 3.05) is 0 Å². The van der Waals surface area contributed by atoms with Gasteiger partial charge in [0.1, 0.15) is 32.7 Å². The monoisotopic (exact) mass is 870 g/mol. The predicted molar refractivity (Wildman–Crippen MR) is 238 cm³/mol. The number of aryl methyl sites for hydroxylation is 3. The third-order valence-electron chi connectivity index (χ3n) is 9.70. The highest BCUT2D eigenvalue weighted by atomic mass is 35.5. The Kier molecular flexibility index (Phi) is 11.6. The second-order valence-corrected chi connectivity index (χ2v) is 16.2. The molecular formula is C42H39ClN14O2S2. The number of hydrogen-bond acceptors (Lipinski definition) is 12. The molecule has 0 aliphatic rings. The number of rotatable bonds is 8. The van der Waals surface area contributed by atoms with E-state index in [-0.39, 0.29) is 19.5 Å². The minimum Gasteiger partial charge on any atom is -0.330 e. The van der Waals surface area contributed by atoms with Crippen LogP contribution in [0.2, 0.25) is 5.02 Å². The summed E-state index contributed by atoms with van der Waals surface area (Å²) in [5.41, 5.74) is 9.70. The van der Waals surface area contributed by atoms with Gasteiger partial charge >= 0.3 is 12.1 Å². The van der Waals surface area contributed by atoms with Crippen LogP contribution in [0.3, 0.4) is 0 Å². The van der Waals surface area contributed by atoms with Gasteiger partial charge in [0.05, 0.1) is 70.7 Å². The Morgan fingerprint density at radius 2 is 1.11 bits per heavy atom. The Balaban J connectivity index is 0.000000166. The molecule has 6 heterocycles. The van der Waals surface area contributed by atoms with E-state index < -0.39 is 0 Å². The molecule has 0 aliphatic carbocycles. The molecule has 0 radical (unpaired) electrons. The summed E-state index contributed by atoms with van der Waals surface area (Å²) in [7, 11) is 0. The van der Waals surface area contributed by atoms with Crippen molar-refractivity contribution in [2.24, 2.45) is 0 Å². The van der Waals surface area contributed by atoms with E-state index in [0.717, 1.165) is 55.1 Å². The van der Waals surface area contributed by atoms with Crippen LogP contribution in [0.25, 0.3) is 44.1 Å². The van der Waals surface area contributed by atoms with Crippen LogP contribution in [-0.2, 0) is 26.2 Å². The maximum Gasteiger partial charge on any atom is 0.344 e. The number of amides is 2. The SMILES string of the molecule is C.Cc1ccc2c(c1)nc(C)n2Cc1csc(CNC(=O)n2nnc3ccccc32)n1.Cc1nc2ccc(Cl)cc2n1Cc1csc(CNC(=O)n2nnc3ccccc32)n1. The number of nitrogens with zero attached hydrogens (tertiary/aromatic N) is 12. The average Bonchev–Trinajstić information content (AvgIpc) is 4.12. The normalized spacial score (nSPS) is 11.2. The van der Waals surface area contributed by atoms with E-state index in [2.05, 4.69) is 85.5 Å². The van der Waals surface area contributed by atoms with Gasteiger partial charge in [0.2, 0.25) is 0 Å². The maximum absolute atomic E-state index is 12.5. The molecule has 0 spiro atoms. The minimum absolute atomic E-state index is 0. The van der Waals surface area contributed by atoms with Gasteiger partial charge in [-0.1, -0.05) is 59.8 Å². The van der Waals surface area contributed by atoms with Gasteiger partial charge in [-0.3, -0.25) is 0 Å². The molecule has 10 aromatic rings. The lowest BCUT2D eigenvalue weighted by molar-refractivity contribution is 0.238. The van der Waals surface area contributed by atoms with Crippen molar-refractivity contribution >= 4 is 90.5 Å². The number of carbonyl (C=O) groups excluding carboxylic acids is 2. The van der Waals surface area contributed by atoms with E-state index in [9.17, 15) is 9.59 Å². The fourth-order valence-electron chi connectivity index (χ4n) is 6.80. The number of imidazole rings is 2. The number of aromatic nitrogens is 12. The van der Waals surface area contributed by atoms with Crippen LogP contribution >= 0.6 is 34.3 Å². The zero-order valence-corrected chi connectivity index (χ0v) is 34.8. The van der Waals surface area contributed by atoms with Gasteiger partial charge in [-0.2, -0.15) is 9.36 Å². The minimum atomic E-state index is -0.341. The summed E-state index contributed by atoms with van der Waals surface area (Å²) < 4.78 is 6.77. The highest BCUT2D eigenvalue weighted by Gasteiger charge is 2.16. The summed E-state index contributed by atoms with van der Waals surface area (Å²) in [4.78, 5) is 43.5. The fraction of sp³-hybridized carbons (Fsp3) is 0.190. The van der Waals surface area contributed by atoms with E-state index in [4.69, 9.17) is 11.6 Å². The van der Waals surface area contributed by atoms with Crippen LogP contribution in [0, 0.1) is 20.8 Å². The summed E-state index contributed by atoms with van der Waals surface area (Å²) in [6.07, 6.45) is 0. The average molecular weight is 871 g/mol. The quantitative estimate of drug-likeness (QED) is 0.151. The highest BCUT2D eigenvalue weighted by Crippen LogP contribution is 2.23. The summed E-state index contributed by atoms with van der Waals surface area (Å²) in [6, 6.07) is 25.9. The second kappa shape index (κ2) is 17.4. The number of hydrogen-bond donors (Lipinski definition) is 2. The zero-order chi connectivity index (χ0) is 41.3. The molecule has 10 rings (SSSR count). The van der Waals surface area contributed by atoms with Crippen LogP contribution in [0.15, 0.2) is 95.7 Å². The lowest BCUT2D eigenvalue weighted by Gasteiger charge is -2.05. The van der Waals surface area contributed by atoms with Crippen molar-refractivity contribution in [1.82, 2.24) is 69.7 Å². The van der Waals surface area contributed by atoms with Crippen LogP contribution in [0.1, 0.15) is 46.0 Å². The topological polar surface area (TPSA) is 181 Å². The molecule has 0 saturated heterocycles. The van der Waals surface area contributed by atoms with E-state index >= 15 is 0 Å². The highest BCUT2D eigenvalue weighted by molar-refractivity contribution is 7.09. The molecule has 6 aromatic heterocycles. The first-order valence-electron chi connectivity index (χ1n) is 18.8. The van der Waals surface area contributed by atoms with Crippen LogP contribution in [0.5, 0.6) is 0 Å². The number of halogens is 1. The van der Waals surface area contributed by atoms with Crippen molar-refractivity contribution in [2.45, 2.75) is 54.4 Å². The summed E-state index contributed by atoms with van der Waals surface area (Å²) in [5.74, 6) is 1.85. The smallest absolute Gasteiger partial charge is 0.330 e. The van der Waals surface area contributed by atoms with Crippen molar-refractivity contribution < 1.29 is 9.59 Å². The lowest BCUT2D eigenvalue weighted by Crippen LogP contribution is -2.28. The van der Waals surface area contributed by atoms with E-state index in [1.165, 1.54) is 37.6 Å². The number of para-hydroxylation sites is 2. The number of nitrogens with one attached hydrogen (secondary N) is 2. The van der Waals surface area contributed by atoms with Crippen LogP contribution in [0.4, 0.5) is 9.59 Å². The first-order valence-corrected chi connectivity index (χ1v) is 20.9. The first kappa shape index (κ1) is 40.9. The summed E-state index contributed by atoms with van der Waals surface area (Å²) >= 11 is 9.17. The number of fused-ring (bicyclic) bond motifs is 4. The maximum atomic E-state index is 12.5. The molecule has 0 fully saturated rings. The molecule has 308 valence electrons. The van der Waals surface area contributed by atoms with Crippen molar-refractivity contribution in [3.05, 3.63) is 139 Å². The zero-order valence-electron chi connectivity index (χ0n) is 32.4. The first-order chi connectivity index (χ1) is 29.2. The Morgan fingerprint density at radius 3 is 1.69 bits per heavy atom. The molecule has 19 heteroatoms. The van der Waals surface area contributed by atoms with Crippen LogP contribution < -0.4 is 10.6 Å². The molecule has 0 bridgehead atoms. The van der Waals surface area contributed by atoms with Gasteiger partial charge in [-0.15, -0.1) is 32.9 Å². The van der Waals surface area contributed by atoms with E-state index in [0.29, 0.717) is 53.3 Å². The Morgan fingerprint density at radius 1 is 0.590 bits per heavy atom.